The van der Waals surface area contributed by atoms with Gasteiger partial charge in [-0.15, -0.1) is 0 Å². The molecule has 0 spiro atoms. The Hall–Kier alpha value is -3.60. The molecule has 0 radical (unpaired) electrons. The molecular weight excluding hydrogens is 350 g/mol. The Balaban J connectivity index is 1.47. The van der Waals surface area contributed by atoms with Crippen molar-refractivity contribution in [1.82, 2.24) is 9.99 Å². The Labute approximate surface area is 163 Å². The van der Waals surface area contributed by atoms with Crippen molar-refractivity contribution >= 4 is 33.9 Å². The number of nitrogens with zero attached hydrogens (tertiary/aromatic N) is 2. The van der Waals surface area contributed by atoms with Crippen molar-refractivity contribution in [3.8, 4) is 5.75 Å². The summed E-state index contributed by atoms with van der Waals surface area (Å²) < 4.78 is 7.70. The molecule has 1 heterocycles. The van der Waals surface area contributed by atoms with Gasteiger partial charge in [0.15, 0.2) is 6.61 Å². The van der Waals surface area contributed by atoms with E-state index in [-0.39, 0.29) is 12.5 Å². The Bertz CT molecular complexity index is 1150. The van der Waals surface area contributed by atoms with Gasteiger partial charge in [0.05, 0.1) is 6.21 Å². The summed E-state index contributed by atoms with van der Waals surface area (Å²) >= 11 is 0. The Morgan fingerprint density at radius 2 is 1.75 bits per heavy atom. The molecule has 0 bridgehead atoms. The van der Waals surface area contributed by atoms with Gasteiger partial charge in [-0.3, -0.25) is 4.79 Å². The van der Waals surface area contributed by atoms with Gasteiger partial charge >= 0.3 is 0 Å². The summed E-state index contributed by atoms with van der Waals surface area (Å²) in [5.41, 5.74) is 5.85. The fourth-order valence-electron chi connectivity index (χ4n) is 3.37. The van der Waals surface area contributed by atoms with Crippen LogP contribution in [0.15, 0.2) is 77.9 Å². The van der Waals surface area contributed by atoms with E-state index in [0.717, 1.165) is 12.1 Å². The second-order valence-electron chi connectivity index (χ2n) is 6.43. The van der Waals surface area contributed by atoms with Crippen LogP contribution in [0.2, 0.25) is 0 Å². The normalized spacial score (nSPS) is 11.3. The number of nitrogens with one attached hydrogen (secondary N) is 1. The van der Waals surface area contributed by atoms with Crippen LogP contribution in [0.3, 0.4) is 0 Å². The number of rotatable bonds is 6. The first-order chi connectivity index (χ1) is 13.8. The van der Waals surface area contributed by atoms with Crippen molar-refractivity contribution < 1.29 is 9.53 Å². The maximum atomic E-state index is 11.9. The number of carbonyl (C=O) groups excluding carboxylic acids is 1. The summed E-state index contributed by atoms with van der Waals surface area (Å²) in [6.07, 6.45) is 1.65. The molecule has 1 amide bonds. The molecule has 4 rings (SSSR count). The lowest BCUT2D eigenvalue weighted by Crippen LogP contribution is -2.24. The van der Waals surface area contributed by atoms with Gasteiger partial charge in [0.25, 0.3) is 5.91 Å². The standard InChI is InChI=1S/C23H21N3O2/c1-2-26-21-11-7-6-10-19(21)20-14-17(12-13-22(20)26)15-24-25-23(27)16-28-18-8-4-3-5-9-18/h3-15H,2,16H2,1H3,(H,25,27)/b24-15+. The van der Waals surface area contributed by atoms with Crippen molar-refractivity contribution in [3.05, 3.63) is 78.4 Å². The number of para-hydroxylation sites is 2. The highest BCUT2D eigenvalue weighted by molar-refractivity contribution is 6.09. The molecule has 5 heteroatoms. The highest BCUT2D eigenvalue weighted by Crippen LogP contribution is 2.29. The van der Waals surface area contributed by atoms with Crippen LogP contribution < -0.4 is 10.2 Å². The van der Waals surface area contributed by atoms with Gasteiger partial charge < -0.3 is 9.30 Å². The molecule has 0 aliphatic carbocycles. The third kappa shape index (κ3) is 3.60. The lowest BCUT2D eigenvalue weighted by Gasteiger charge is -2.04. The lowest BCUT2D eigenvalue weighted by molar-refractivity contribution is -0.123. The van der Waals surface area contributed by atoms with Gasteiger partial charge in [-0.1, -0.05) is 42.5 Å². The number of hydrogen-bond acceptors (Lipinski definition) is 3. The zero-order chi connectivity index (χ0) is 19.3. The van der Waals surface area contributed by atoms with Crippen LogP contribution in [-0.4, -0.2) is 23.3 Å². The van der Waals surface area contributed by atoms with Crippen molar-refractivity contribution in [1.29, 1.82) is 0 Å². The first-order valence-electron chi connectivity index (χ1n) is 9.27. The minimum absolute atomic E-state index is 0.0790. The Morgan fingerprint density at radius 1 is 1.00 bits per heavy atom. The van der Waals surface area contributed by atoms with E-state index in [1.165, 1.54) is 21.8 Å². The van der Waals surface area contributed by atoms with Gasteiger partial charge in [-0.25, -0.2) is 5.43 Å². The monoisotopic (exact) mass is 371 g/mol. The summed E-state index contributed by atoms with van der Waals surface area (Å²) in [6, 6.07) is 23.8. The number of fused-ring (bicyclic) bond motifs is 3. The van der Waals surface area contributed by atoms with Crippen molar-refractivity contribution in [2.24, 2.45) is 5.10 Å². The molecule has 5 nitrogen and oxygen atoms in total. The van der Waals surface area contributed by atoms with E-state index in [1.807, 2.05) is 24.3 Å². The molecule has 1 aromatic heterocycles. The van der Waals surface area contributed by atoms with Gasteiger partial charge in [0, 0.05) is 28.4 Å². The molecule has 0 fully saturated rings. The van der Waals surface area contributed by atoms with Crippen LogP contribution in [0.25, 0.3) is 21.8 Å². The van der Waals surface area contributed by atoms with Crippen LogP contribution in [0, 0.1) is 0 Å². The summed E-state index contributed by atoms with van der Waals surface area (Å²) in [5, 5.41) is 6.45. The number of carbonyl (C=O) groups is 1. The van der Waals surface area contributed by atoms with Crippen molar-refractivity contribution in [2.75, 3.05) is 6.61 Å². The quantitative estimate of drug-likeness (QED) is 0.405. The van der Waals surface area contributed by atoms with Crippen LogP contribution in [-0.2, 0) is 11.3 Å². The van der Waals surface area contributed by atoms with E-state index in [9.17, 15) is 4.79 Å². The minimum atomic E-state index is -0.302. The Kier molecular flexibility index (Phi) is 5.06. The first kappa shape index (κ1) is 17.8. The Morgan fingerprint density at radius 3 is 2.57 bits per heavy atom. The zero-order valence-electron chi connectivity index (χ0n) is 15.6. The second-order valence-corrected chi connectivity index (χ2v) is 6.43. The summed E-state index contributed by atoms with van der Waals surface area (Å²) in [4.78, 5) is 11.9. The van der Waals surface area contributed by atoms with Crippen LogP contribution in [0.1, 0.15) is 12.5 Å². The average Bonchev–Trinajstić information content (AvgIpc) is 3.06. The molecule has 3 aromatic carbocycles. The predicted octanol–water partition coefficient (Wildman–Crippen LogP) is 4.34. The highest BCUT2D eigenvalue weighted by atomic mass is 16.5. The molecule has 4 aromatic rings. The van der Waals surface area contributed by atoms with Gasteiger partial charge in [-0.05, 0) is 42.8 Å². The molecule has 0 unspecified atom stereocenters. The fraction of sp³-hybridized carbons (Fsp3) is 0.130. The molecule has 0 atom stereocenters. The van der Waals surface area contributed by atoms with Gasteiger partial charge in [0.2, 0.25) is 0 Å². The lowest BCUT2D eigenvalue weighted by atomic mass is 10.1. The molecule has 0 aliphatic rings. The molecule has 28 heavy (non-hydrogen) atoms. The number of hydrazone groups is 1. The first-order valence-corrected chi connectivity index (χ1v) is 9.27. The topological polar surface area (TPSA) is 55.6 Å². The molecule has 140 valence electrons. The average molecular weight is 371 g/mol. The molecule has 0 aliphatic heterocycles. The molecule has 0 saturated carbocycles. The number of ether oxygens (including phenoxy) is 1. The summed E-state index contributed by atoms with van der Waals surface area (Å²) in [6.45, 7) is 2.98. The van der Waals surface area contributed by atoms with E-state index in [4.69, 9.17) is 4.74 Å². The second kappa shape index (κ2) is 7.96. The van der Waals surface area contributed by atoms with Crippen molar-refractivity contribution in [3.63, 3.8) is 0 Å². The number of benzene rings is 3. The minimum Gasteiger partial charge on any atom is -0.484 e. The number of aromatic nitrogens is 1. The zero-order valence-corrected chi connectivity index (χ0v) is 15.6. The summed E-state index contributed by atoms with van der Waals surface area (Å²) in [5.74, 6) is 0.350. The molecule has 1 N–H and O–H groups in total. The maximum absolute atomic E-state index is 11.9. The van der Waals surface area contributed by atoms with Crippen molar-refractivity contribution in [2.45, 2.75) is 13.5 Å². The van der Waals surface area contributed by atoms with Crippen LogP contribution >= 0.6 is 0 Å². The van der Waals surface area contributed by atoms with E-state index in [1.54, 1.807) is 18.3 Å². The van der Waals surface area contributed by atoms with E-state index < -0.39 is 0 Å². The van der Waals surface area contributed by atoms with E-state index >= 15 is 0 Å². The summed E-state index contributed by atoms with van der Waals surface area (Å²) in [7, 11) is 0. The van der Waals surface area contributed by atoms with Crippen LogP contribution in [0.4, 0.5) is 0 Å². The fourth-order valence-corrected chi connectivity index (χ4v) is 3.37. The number of aryl methyl sites for hydroxylation is 1. The third-order valence-electron chi connectivity index (χ3n) is 4.63. The van der Waals surface area contributed by atoms with Gasteiger partial charge in [-0.2, -0.15) is 5.10 Å². The maximum Gasteiger partial charge on any atom is 0.277 e. The molecule has 0 saturated heterocycles. The van der Waals surface area contributed by atoms with Gasteiger partial charge in [0.1, 0.15) is 5.75 Å². The highest BCUT2D eigenvalue weighted by Gasteiger charge is 2.09. The number of amides is 1. The predicted molar refractivity (Wildman–Crippen MR) is 113 cm³/mol. The molecular formula is C23H21N3O2. The largest absolute Gasteiger partial charge is 0.484 e. The van der Waals surface area contributed by atoms with Crippen LogP contribution in [0.5, 0.6) is 5.75 Å². The number of hydrogen-bond donors (Lipinski definition) is 1. The van der Waals surface area contributed by atoms with E-state index in [0.29, 0.717) is 5.75 Å². The van der Waals surface area contributed by atoms with E-state index in [2.05, 4.69) is 58.4 Å². The third-order valence-corrected chi connectivity index (χ3v) is 4.63. The smallest absolute Gasteiger partial charge is 0.277 e. The SMILES string of the molecule is CCn1c2ccccc2c2cc(/C=N/NC(=O)COc3ccccc3)ccc21.